The summed E-state index contributed by atoms with van der Waals surface area (Å²) in [5.41, 5.74) is 1.72. The number of hydrogen-bond donors (Lipinski definition) is 2. The summed E-state index contributed by atoms with van der Waals surface area (Å²) in [4.78, 5) is 24.5. The maximum Gasteiger partial charge on any atom is 0.335 e. The lowest BCUT2D eigenvalue weighted by Gasteiger charge is -2.17. The molecule has 2 rings (SSSR count). The third-order valence-corrected chi connectivity index (χ3v) is 3.60. The molecule has 1 aliphatic rings. The Balaban J connectivity index is 2.34. The average Bonchev–Trinajstić information content (AvgIpc) is 2.69. The van der Waals surface area contributed by atoms with Gasteiger partial charge in [-0.1, -0.05) is 0 Å². The van der Waals surface area contributed by atoms with Crippen LogP contribution in [0.25, 0.3) is 0 Å². The van der Waals surface area contributed by atoms with Gasteiger partial charge < -0.3 is 10.0 Å². The van der Waals surface area contributed by atoms with Gasteiger partial charge in [-0.2, -0.15) is 12.6 Å². The average molecular weight is 265 g/mol. The van der Waals surface area contributed by atoms with Gasteiger partial charge >= 0.3 is 5.97 Å². The molecule has 96 valence electrons. The number of carboxylic acids is 1. The van der Waals surface area contributed by atoms with E-state index in [1.807, 2.05) is 13.0 Å². The van der Waals surface area contributed by atoms with Crippen molar-refractivity contribution >= 4 is 30.2 Å². The van der Waals surface area contributed by atoms with Gasteiger partial charge in [0.2, 0.25) is 5.91 Å². The number of carbonyl (C=O) groups is 2. The van der Waals surface area contributed by atoms with Crippen molar-refractivity contribution in [3.63, 3.8) is 0 Å². The van der Waals surface area contributed by atoms with Crippen molar-refractivity contribution in [2.45, 2.75) is 13.3 Å². The Hall–Kier alpha value is -1.49. The minimum Gasteiger partial charge on any atom is -0.478 e. The number of amides is 1. The Kier molecular flexibility index (Phi) is 3.61. The smallest absolute Gasteiger partial charge is 0.335 e. The van der Waals surface area contributed by atoms with Gasteiger partial charge in [-0.05, 0) is 42.4 Å². The maximum absolute atomic E-state index is 11.9. The summed E-state index contributed by atoms with van der Waals surface area (Å²) in [6.07, 6.45) is 0.486. The van der Waals surface area contributed by atoms with Gasteiger partial charge in [-0.3, -0.25) is 4.79 Å². The van der Waals surface area contributed by atoms with Gasteiger partial charge in [0.25, 0.3) is 0 Å². The number of hydrogen-bond acceptors (Lipinski definition) is 3. The van der Waals surface area contributed by atoms with Gasteiger partial charge in [-0.15, -0.1) is 0 Å². The van der Waals surface area contributed by atoms with Crippen molar-refractivity contribution in [1.29, 1.82) is 0 Å². The first kappa shape index (κ1) is 13.0. The van der Waals surface area contributed by atoms with E-state index in [1.54, 1.807) is 17.0 Å². The second-order valence-corrected chi connectivity index (χ2v) is 4.98. The lowest BCUT2D eigenvalue weighted by atomic mass is 10.1. The fourth-order valence-corrected chi connectivity index (χ4v) is 2.44. The molecule has 1 heterocycles. The maximum atomic E-state index is 11.9. The van der Waals surface area contributed by atoms with Crippen molar-refractivity contribution < 1.29 is 14.7 Å². The zero-order valence-corrected chi connectivity index (χ0v) is 11.0. The molecule has 1 aromatic carbocycles. The minimum atomic E-state index is -0.975. The first-order chi connectivity index (χ1) is 8.51. The number of carboxylic acid groups (broad SMARTS) is 1. The van der Waals surface area contributed by atoms with E-state index in [9.17, 15) is 9.59 Å². The first-order valence-corrected chi connectivity index (χ1v) is 6.40. The van der Waals surface area contributed by atoms with Crippen molar-refractivity contribution in [1.82, 2.24) is 0 Å². The predicted molar refractivity (Wildman–Crippen MR) is 72.5 cm³/mol. The van der Waals surface area contributed by atoms with Crippen LogP contribution in [-0.4, -0.2) is 29.3 Å². The van der Waals surface area contributed by atoms with Crippen LogP contribution in [-0.2, 0) is 4.79 Å². The minimum absolute atomic E-state index is 0.0380. The van der Waals surface area contributed by atoms with E-state index < -0.39 is 5.97 Å². The van der Waals surface area contributed by atoms with Crippen LogP contribution in [0.4, 0.5) is 5.69 Å². The number of anilines is 1. The molecule has 1 aliphatic heterocycles. The molecule has 0 aliphatic carbocycles. The molecule has 0 bridgehead atoms. The molecule has 1 atom stereocenters. The molecule has 1 saturated heterocycles. The SMILES string of the molecule is Cc1cc(C(=O)O)cc(N2CC(CS)CC2=O)c1. The molecule has 4 nitrogen and oxygen atoms in total. The summed E-state index contributed by atoms with van der Waals surface area (Å²) in [5.74, 6) is -0.0252. The highest BCUT2D eigenvalue weighted by Crippen LogP contribution is 2.27. The van der Waals surface area contributed by atoms with Crippen molar-refractivity contribution in [3.05, 3.63) is 29.3 Å². The second kappa shape index (κ2) is 5.02. The quantitative estimate of drug-likeness (QED) is 0.822. The number of aromatic carboxylic acids is 1. The fraction of sp³-hybridized carbons (Fsp3) is 0.385. The molecule has 1 N–H and O–H groups in total. The summed E-state index contributed by atoms with van der Waals surface area (Å²) in [7, 11) is 0. The molecule has 5 heteroatoms. The standard InChI is InChI=1S/C13H15NO3S/c1-8-2-10(13(16)17)5-11(3-8)14-6-9(7-18)4-12(14)15/h2-3,5,9,18H,4,6-7H2,1H3,(H,16,17). The molecule has 0 aromatic heterocycles. The zero-order valence-electron chi connectivity index (χ0n) is 10.1. The Morgan fingerprint density at radius 2 is 2.22 bits per heavy atom. The molecule has 18 heavy (non-hydrogen) atoms. The molecule has 0 spiro atoms. The van der Waals surface area contributed by atoms with Crippen molar-refractivity contribution in [3.8, 4) is 0 Å². The monoisotopic (exact) mass is 265 g/mol. The van der Waals surface area contributed by atoms with E-state index in [4.69, 9.17) is 5.11 Å². The highest BCUT2D eigenvalue weighted by atomic mass is 32.1. The number of nitrogens with zero attached hydrogens (tertiary/aromatic N) is 1. The van der Waals surface area contributed by atoms with Crippen LogP contribution in [0.3, 0.4) is 0 Å². The van der Waals surface area contributed by atoms with E-state index in [2.05, 4.69) is 12.6 Å². The number of aryl methyl sites for hydroxylation is 1. The third kappa shape index (κ3) is 2.51. The topological polar surface area (TPSA) is 57.6 Å². The number of benzene rings is 1. The van der Waals surface area contributed by atoms with Crippen molar-refractivity contribution in [2.24, 2.45) is 5.92 Å². The summed E-state index contributed by atoms with van der Waals surface area (Å²) in [5, 5.41) is 9.02. The van der Waals surface area contributed by atoms with Crippen molar-refractivity contribution in [2.75, 3.05) is 17.2 Å². The Morgan fingerprint density at radius 1 is 1.50 bits per heavy atom. The van der Waals surface area contributed by atoms with E-state index in [0.29, 0.717) is 24.4 Å². The van der Waals surface area contributed by atoms with Gasteiger partial charge in [-0.25, -0.2) is 4.79 Å². The molecular formula is C13H15NO3S. The molecule has 0 saturated carbocycles. The van der Waals surface area contributed by atoms with Crippen LogP contribution in [0.5, 0.6) is 0 Å². The largest absolute Gasteiger partial charge is 0.478 e. The molecule has 1 aromatic rings. The third-order valence-electron chi connectivity index (χ3n) is 3.08. The second-order valence-electron chi connectivity index (χ2n) is 4.62. The van der Waals surface area contributed by atoms with Crippen LogP contribution in [0.15, 0.2) is 18.2 Å². The van der Waals surface area contributed by atoms with Crippen LogP contribution in [0.2, 0.25) is 0 Å². The van der Waals surface area contributed by atoms with Gasteiger partial charge in [0.15, 0.2) is 0 Å². The summed E-state index contributed by atoms with van der Waals surface area (Å²) in [6, 6.07) is 4.99. The van der Waals surface area contributed by atoms with Crippen LogP contribution in [0, 0.1) is 12.8 Å². The number of carbonyl (C=O) groups excluding carboxylic acids is 1. The summed E-state index contributed by atoms with van der Waals surface area (Å²) in [6.45, 7) is 2.44. The highest BCUT2D eigenvalue weighted by Gasteiger charge is 2.30. The lowest BCUT2D eigenvalue weighted by molar-refractivity contribution is -0.117. The van der Waals surface area contributed by atoms with Crippen LogP contribution >= 0.6 is 12.6 Å². The van der Waals surface area contributed by atoms with Crippen LogP contribution < -0.4 is 4.90 Å². The summed E-state index contributed by atoms with van der Waals surface area (Å²) >= 11 is 4.21. The van der Waals surface area contributed by atoms with E-state index >= 15 is 0 Å². The highest BCUT2D eigenvalue weighted by molar-refractivity contribution is 7.80. The van der Waals surface area contributed by atoms with E-state index in [-0.39, 0.29) is 17.4 Å². The number of rotatable bonds is 3. The Labute approximate surface area is 111 Å². The van der Waals surface area contributed by atoms with E-state index in [0.717, 1.165) is 5.56 Å². The Bertz CT molecular complexity index is 501. The fourth-order valence-electron chi connectivity index (χ4n) is 2.20. The number of thiol groups is 1. The van der Waals surface area contributed by atoms with Gasteiger partial charge in [0.1, 0.15) is 0 Å². The zero-order chi connectivity index (χ0) is 13.3. The van der Waals surface area contributed by atoms with Gasteiger partial charge in [0, 0.05) is 18.7 Å². The molecule has 1 amide bonds. The predicted octanol–water partition coefficient (Wildman–Crippen LogP) is 1.98. The van der Waals surface area contributed by atoms with Gasteiger partial charge in [0.05, 0.1) is 5.56 Å². The van der Waals surface area contributed by atoms with Crippen LogP contribution in [0.1, 0.15) is 22.3 Å². The molecule has 1 fully saturated rings. The molecule has 1 unspecified atom stereocenters. The first-order valence-electron chi connectivity index (χ1n) is 5.77. The Morgan fingerprint density at radius 3 is 2.78 bits per heavy atom. The lowest BCUT2D eigenvalue weighted by Crippen LogP contribution is -2.25. The summed E-state index contributed by atoms with van der Waals surface area (Å²) < 4.78 is 0. The normalized spacial score (nSPS) is 19.3. The molecule has 0 radical (unpaired) electrons. The molecular weight excluding hydrogens is 250 g/mol. The van der Waals surface area contributed by atoms with E-state index in [1.165, 1.54) is 0 Å².